The minimum atomic E-state index is -0.931. The zero-order chi connectivity index (χ0) is 20.5. The molecule has 0 N–H and O–H groups in total. The number of hydrogen-bond acceptors (Lipinski definition) is 6. The molecule has 0 saturated carbocycles. The maximum Gasteiger partial charge on any atom is 0.159 e. The molecule has 1 fully saturated rings. The molecule has 0 spiro atoms. The molecule has 1 aromatic carbocycles. The van der Waals surface area contributed by atoms with Crippen LogP contribution in [0, 0.1) is 0 Å². The first kappa shape index (κ1) is 18.8. The topological polar surface area (TPSA) is 80.0 Å². The van der Waals surface area contributed by atoms with E-state index in [4.69, 9.17) is 0 Å². The fourth-order valence-electron chi connectivity index (χ4n) is 3.71. The Balaban J connectivity index is 1.47. The molecule has 3 aromatic heterocycles. The highest BCUT2D eigenvalue weighted by Crippen LogP contribution is 2.26. The van der Waals surface area contributed by atoms with Gasteiger partial charge in [-0.15, -0.1) is 0 Å². The van der Waals surface area contributed by atoms with E-state index in [0.717, 1.165) is 59.8 Å². The lowest BCUT2D eigenvalue weighted by Crippen LogP contribution is -2.47. The van der Waals surface area contributed by atoms with Gasteiger partial charge in [0.25, 0.3) is 0 Å². The largest absolute Gasteiger partial charge is 0.354 e. The first-order valence-corrected chi connectivity index (χ1v) is 11.2. The van der Waals surface area contributed by atoms with Crippen molar-refractivity contribution in [2.45, 2.75) is 0 Å². The third kappa shape index (κ3) is 3.57. The molecule has 8 nitrogen and oxygen atoms in total. The van der Waals surface area contributed by atoms with Gasteiger partial charge in [-0.25, -0.2) is 23.2 Å². The number of piperazine rings is 1. The molecule has 30 heavy (non-hydrogen) atoms. The van der Waals surface area contributed by atoms with Crippen LogP contribution in [0.15, 0.2) is 61.3 Å². The average molecular weight is 420 g/mol. The first-order valence-electron chi connectivity index (χ1n) is 9.73. The van der Waals surface area contributed by atoms with Crippen LogP contribution in [0.5, 0.6) is 0 Å². The van der Waals surface area contributed by atoms with Gasteiger partial charge in [0.05, 0.1) is 22.7 Å². The molecule has 9 heteroatoms. The lowest BCUT2D eigenvalue weighted by atomic mass is 10.1. The highest BCUT2D eigenvalue weighted by atomic mass is 32.2. The lowest BCUT2D eigenvalue weighted by molar-refractivity contribution is 0.410. The van der Waals surface area contributed by atoms with E-state index in [1.807, 2.05) is 39.6 Å². The normalized spacial score (nSPS) is 16.1. The predicted octanol–water partition coefficient (Wildman–Crippen LogP) is 2.29. The quantitative estimate of drug-likeness (QED) is 0.505. The zero-order valence-corrected chi connectivity index (χ0v) is 17.4. The summed E-state index contributed by atoms with van der Waals surface area (Å²) < 4.78 is 15.5. The van der Waals surface area contributed by atoms with E-state index in [0.29, 0.717) is 0 Å². The van der Waals surface area contributed by atoms with Crippen LogP contribution in [-0.4, -0.2) is 65.7 Å². The second kappa shape index (κ2) is 7.92. The molecular formula is C21H21N7OS. The SMILES string of the molecule is CS(=O)N1CCN(c2cc(-n3ncc4ccc(-c5cccnc5)cc43)ncn2)CC1. The van der Waals surface area contributed by atoms with Gasteiger partial charge in [0.2, 0.25) is 0 Å². The fraction of sp³-hybridized carbons (Fsp3) is 0.238. The molecule has 0 amide bonds. The van der Waals surface area contributed by atoms with Crippen molar-refractivity contribution < 1.29 is 4.21 Å². The van der Waals surface area contributed by atoms with Crippen molar-refractivity contribution in [1.82, 2.24) is 29.0 Å². The van der Waals surface area contributed by atoms with Gasteiger partial charge in [-0.1, -0.05) is 18.2 Å². The van der Waals surface area contributed by atoms with Gasteiger partial charge in [-0.2, -0.15) is 5.10 Å². The summed E-state index contributed by atoms with van der Waals surface area (Å²) in [7, 11) is -0.931. The average Bonchev–Trinajstić information content (AvgIpc) is 3.23. The monoisotopic (exact) mass is 419 g/mol. The molecule has 152 valence electrons. The summed E-state index contributed by atoms with van der Waals surface area (Å²) in [5.74, 6) is 1.58. The van der Waals surface area contributed by atoms with Gasteiger partial charge in [-0.3, -0.25) is 4.98 Å². The van der Waals surface area contributed by atoms with E-state index in [1.54, 1.807) is 18.8 Å². The Morgan fingerprint density at radius 3 is 2.53 bits per heavy atom. The summed E-state index contributed by atoms with van der Waals surface area (Å²) in [5, 5.41) is 5.61. The van der Waals surface area contributed by atoms with Crippen molar-refractivity contribution in [3.05, 3.63) is 61.3 Å². The number of pyridine rings is 1. The first-order chi connectivity index (χ1) is 14.7. The molecule has 1 saturated heterocycles. The third-order valence-corrected chi connectivity index (χ3v) is 6.44. The lowest BCUT2D eigenvalue weighted by Gasteiger charge is -2.33. The second-order valence-corrected chi connectivity index (χ2v) is 8.51. The molecule has 1 unspecified atom stereocenters. The molecule has 0 radical (unpaired) electrons. The fourth-order valence-corrected chi connectivity index (χ4v) is 4.39. The number of hydrogen-bond donors (Lipinski definition) is 0. The van der Waals surface area contributed by atoms with Crippen molar-refractivity contribution in [3.63, 3.8) is 0 Å². The number of benzene rings is 1. The number of anilines is 1. The number of aromatic nitrogens is 5. The summed E-state index contributed by atoms with van der Waals surface area (Å²) in [6.45, 7) is 3.06. The zero-order valence-electron chi connectivity index (χ0n) is 16.5. The van der Waals surface area contributed by atoms with Crippen LogP contribution in [-0.2, 0) is 11.0 Å². The van der Waals surface area contributed by atoms with Crippen LogP contribution in [0.3, 0.4) is 0 Å². The molecule has 5 rings (SSSR count). The van der Waals surface area contributed by atoms with Crippen LogP contribution in [0.25, 0.3) is 27.8 Å². The van der Waals surface area contributed by atoms with Crippen LogP contribution in [0.1, 0.15) is 0 Å². The number of rotatable bonds is 4. The van der Waals surface area contributed by atoms with Gasteiger partial charge in [-0.05, 0) is 17.7 Å². The summed E-state index contributed by atoms with van der Waals surface area (Å²) in [6.07, 6.45) is 8.77. The molecule has 1 atom stereocenters. The minimum Gasteiger partial charge on any atom is -0.354 e. The molecule has 4 aromatic rings. The predicted molar refractivity (Wildman–Crippen MR) is 118 cm³/mol. The van der Waals surface area contributed by atoms with Gasteiger partial charge in [0.15, 0.2) is 5.82 Å². The second-order valence-electron chi connectivity index (χ2n) is 7.15. The number of fused-ring (bicyclic) bond motifs is 1. The van der Waals surface area contributed by atoms with Crippen LogP contribution in [0.2, 0.25) is 0 Å². The van der Waals surface area contributed by atoms with E-state index >= 15 is 0 Å². The van der Waals surface area contributed by atoms with E-state index in [9.17, 15) is 4.21 Å². The molecule has 1 aliphatic rings. The molecular weight excluding hydrogens is 398 g/mol. The van der Waals surface area contributed by atoms with Crippen LogP contribution >= 0.6 is 0 Å². The van der Waals surface area contributed by atoms with Crippen molar-refractivity contribution >= 4 is 27.7 Å². The minimum absolute atomic E-state index is 0.722. The molecule has 0 aliphatic carbocycles. The van der Waals surface area contributed by atoms with E-state index in [1.165, 1.54) is 0 Å². The number of nitrogens with zero attached hydrogens (tertiary/aromatic N) is 7. The molecule has 4 heterocycles. The Bertz CT molecular complexity index is 1200. The van der Waals surface area contributed by atoms with Crippen molar-refractivity contribution in [2.24, 2.45) is 0 Å². The van der Waals surface area contributed by atoms with Crippen molar-refractivity contribution in [2.75, 3.05) is 37.3 Å². The molecule has 1 aliphatic heterocycles. The Labute approximate surface area is 176 Å². The molecule has 0 bridgehead atoms. The maximum absolute atomic E-state index is 11.7. The van der Waals surface area contributed by atoms with Gasteiger partial charge >= 0.3 is 0 Å². The van der Waals surface area contributed by atoms with Gasteiger partial charge in [0.1, 0.15) is 12.1 Å². The Morgan fingerprint density at radius 1 is 0.933 bits per heavy atom. The summed E-state index contributed by atoms with van der Waals surface area (Å²) in [6, 6.07) is 12.2. The van der Waals surface area contributed by atoms with Crippen LogP contribution < -0.4 is 4.90 Å². The third-order valence-electron chi connectivity index (χ3n) is 5.35. The maximum atomic E-state index is 11.7. The Morgan fingerprint density at radius 2 is 1.77 bits per heavy atom. The van der Waals surface area contributed by atoms with E-state index < -0.39 is 11.0 Å². The smallest absolute Gasteiger partial charge is 0.159 e. The highest BCUT2D eigenvalue weighted by molar-refractivity contribution is 7.81. The Kier molecular flexibility index (Phi) is 4.97. The van der Waals surface area contributed by atoms with Crippen LogP contribution in [0.4, 0.5) is 5.82 Å². The van der Waals surface area contributed by atoms with Crippen molar-refractivity contribution in [3.8, 4) is 16.9 Å². The summed E-state index contributed by atoms with van der Waals surface area (Å²) in [4.78, 5) is 15.3. The van der Waals surface area contributed by atoms with Gasteiger partial charge < -0.3 is 4.90 Å². The van der Waals surface area contributed by atoms with Crippen molar-refractivity contribution in [1.29, 1.82) is 0 Å². The van der Waals surface area contributed by atoms with E-state index in [2.05, 4.69) is 43.1 Å². The standard InChI is InChI=1S/C21H21N7OS/c1-30(29)27-9-7-26(8-10-27)20-12-21(24-15-23-20)28-19-11-16(4-5-18(19)14-25-28)17-3-2-6-22-13-17/h2-6,11-15H,7-10H2,1H3. The highest BCUT2D eigenvalue weighted by Gasteiger charge is 2.20. The van der Waals surface area contributed by atoms with E-state index in [-0.39, 0.29) is 0 Å². The van der Waals surface area contributed by atoms with Gasteiger partial charge in [0, 0.05) is 61.8 Å². The summed E-state index contributed by atoms with van der Waals surface area (Å²) >= 11 is 0. The summed E-state index contributed by atoms with van der Waals surface area (Å²) in [5.41, 5.74) is 3.12. The Hall–Kier alpha value is -3.17.